The van der Waals surface area contributed by atoms with Crippen LogP contribution in [0.3, 0.4) is 0 Å². The molecule has 0 atom stereocenters. The molecule has 0 saturated heterocycles. The molecule has 1 aliphatic rings. The maximum atomic E-state index is 4.79. The number of nitrogens with zero attached hydrogens (tertiary/aromatic N) is 2. The molecule has 0 spiro atoms. The quantitative estimate of drug-likeness (QED) is 0.285. The van der Waals surface area contributed by atoms with Gasteiger partial charge in [0.25, 0.3) is 0 Å². The van der Waals surface area contributed by atoms with Crippen molar-refractivity contribution in [1.82, 2.24) is 9.36 Å². The van der Waals surface area contributed by atoms with Crippen molar-refractivity contribution in [2.45, 2.75) is 25.2 Å². The van der Waals surface area contributed by atoms with E-state index in [9.17, 15) is 0 Å². The van der Waals surface area contributed by atoms with Gasteiger partial charge in [0.05, 0.1) is 0 Å². The zero-order chi connectivity index (χ0) is 22.4. The molecule has 4 aromatic carbocycles. The summed E-state index contributed by atoms with van der Waals surface area (Å²) in [4.78, 5) is 4.79. The summed E-state index contributed by atoms with van der Waals surface area (Å²) in [6, 6.07) is 36.9. The third-order valence-electron chi connectivity index (χ3n) is 6.84. The Kier molecular flexibility index (Phi) is 4.74. The third kappa shape index (κ3) is 3.32. The predicted molar refractivity (Wildman–Crippen MR) is 137 cm³/mol. The maximum Gasteiger partial charge on any atom is 0.173 e. The lowest BCUT2D eigenvalue weighted by Crippen LogP contribution is -2.29. The topological polar surface area (TPSA) is 25.8 Å². The first-order valence-electron chi connectivity index (χ1n) is 11.3. The number of hydrogen-bond donors (Lipinski definition) is 0. The Hall–Kier alpha value is -3.56. The van der Waals surface area contributed by atoms with Crippen molar-refractivity contribution in [3.8, 4) is 22.0 Å². The van der Waals surface area contributed by atoms with Gasteiger partial charge in [0, 0.05) is 22.5 Å². The van der Waals surface area contributed by atoms with Gasteiger partial charge in [-0.3, -0.25) is 0 Å². The van der Waals surface area contributed by atoms with Crippen LogP contribution in [0.5, 0.6) is 0 Å². The summed E-state index contributed by atoms with van der Waals surface area (Å²) >= 11 is 1.45. The van der Waals surface area contributed by atoms with Gasteiger partial charge in [0.15, 0.2) is 5.82 Å². The molecule has 0 fully saturated rings. The monoisotopic (exact) mass is 444 g/mol. The highest BCUT2D eigenvalue weighted by atomic mass is 32.1. The van der Waals surface area contributed by atoms with E-state index in [1.165, 1.54) is 39.3 Å². The van der Waals surface area contributed by atoms with Crippen molar-refractivity contribution in [2.24, 2.45) is 0 Å². The Labute approximate surface area is 198 Å². The van der Waals surface area contributed by atoms with Crippen LogP contribution in [0.4, 0.5) is 0 Å². The van der Waals surface area contributed by atoms with Crippen LogP contribution in [-0.2, 0) is 5.41 Å². The van der Waals surface area contributed by atoms with Crippen molar-refractivity contribution < 1.29 is 0 Å². The largest absolute Gasteiger partial charge is 0.215 e. The summed E-state index contributed by atoms with van der Waals surface area (Å²) in [5.74, 6) is 1.01. The van der Waals surface area contributed by atoms with Crippen LogP contribution >= 0.6 is 11.5 Å². The van der Waals surface area contributed by atoms with Crippen LogP contribution in [-0.4, -0.2) is 9.36 Å². The maximum absolute atomic E-state index is 4.79. The number of benzene rings is 4. The minimum absolute atomic E-state index is 0.0119. The van der Waals surface area contributed by atoms with E-state index in [2.05, 4.69) is 103 Å². The van der Waals surface area contributed by atoms with E-state index in [0.717, 1.165) is 22.0 Å². The van der Waals surface area contributed by atoms with Crippen LogP contribution in [0.25, 0.3) is 22.0 Å². The Bertz CT molecular complexity index is 1380. The Morgan fingerprint density at radius 2 is 1.21 bits per heavy atom. The minimum Gasteiger partial charge on any atom is -0.215 e. The van der Waals surface area contributed by atoms with E-state index in [0.29, 0.717) is 0 Å². The highest BCUT2D eigenvalue weighted by molar-refractivity contribution is 7.09. The van der Waals surface area contributed by atoms with Gasteiger partial charge in [0.1, 0.15) is 5.01 Å². The molecular weight excluding hydrogens is 420 g/mol. The SMILES string of the molecule is CC1(C)c2ccccc2C(c2ccc(-c3nsc(-c4ccccc4)n3)cc2)c2ccccc21. The van der Waals surface area contributed by atoms with Crippen LogP contribution in [0.1, 0.15) is 47.6 Å². The first-order chi connectivity index (χ1) is 16.1. The van der Waals surface area contributed by atoms with E-state index in [-0.39, 0.29) is 11.3 Å². The molecule has 1 aliphatic carbocycles. The number of aromatic nitrogens is 2. The lowest BCUT2D eigenvalue weighted by molar-refractivity contribution is 0.597. The van der Waals surface area contributed by atoms with Gasteiger partial charge in [-0.2, -0.15) is 4.37 Å². The minimum atomic E-state index is -0.0119. The summed E-state index contributed by atoms with van der Waals surface area (Å²) in [5, 5.41) is 0.951. The van der Waals surface area contributed by atoms with Crippen LogP contribution < -0.4 is 0 Å². The normalized spacial score (nSPS) is 14.5. The molecule has 0 saturated carbocycles. The molecule has 0 bridgehead atoms. The first kappa shape index (κ1) is 20.1. The van der Waals surface area contributed by atoms with Crippen molar-refractivity contribution >= 4 is 11.5 Å². The summed E-state index contributed by atoms with van der Waals surface area (Å²) < 4.78 is 4.63. The number of fused-ring (bicyclic) bond motifs is 2. The number of rotatable bonds is 3. The molecule has 33 heavy (non-hydrogen) atoms. The average molecular weight is 445 g/mol. The summed E-state index contributed by atoms with van der Waals surface area (Å²) in [7, 11) is 0. The molecule has 2 nitrogen and oxygen atoms in total. The molecule has 0 unspecified atom stereocenters. The number of hydrogen-bond acceptors (Lipinski definition) is 3. The van der Waals surface area contributed by atoms with Gasteiger partial charge in [0.2, 0.25) is 0 Å². The zero-order valence-corrected chi connectivity index (χ0v) is 19.5. The standard InChI is InChI=1S/C30H24N2S/c1-30(2)25-14-8-6-12-23(25)27(24-13-7-9-15-26(24)30)20-16-18-21(19-17-20)28-31-29(33-32-28)22-10-4-3-5-11-22/h3-19,27H,1-2H3. The molecule has 1 aromatic heterocycles. The van der Waals surface area contributed by atoms with Gasteiger partial charge in [-0.05, 0) is 39.3 Å². The summed E-state index contributed by atoms with van der Waals surface area (Å²) in [6.07, 6.45) is 0. The molecule has 6 rings (SSSR count). The van der Waals surface area contributed by atoms with Crippen molar-refractivity contribution in [3.05, 3.63) is 131 Å². The van der Waals surface area contributed by atoms with Gasteiger partial charge < -0.3 is 0 Å². The molecule has 0 N–H and O–H groups in total. The Morgan fingerprint density at radius 3 is 1.85 bits per heavy atom. The van der Waals surface area contributed by atoms with Gasteiger partial charge in [-0.25, -0.2) is 4.98 Å². The smallest absolute Gasteiger partial charge is 0.173 e. The third-order valence-corrected chi connectivity index (χ3v) is 7.60. The molecule has 0 amide bonds. The van der Waals surface area contributed by atoms with E-state index in [4.69, 9.17) is 4.98 Å². The Balaban J connectivity index is 1.40. The molecule has 3 heteroatoms. The van der Waals surface area contributed by atoms with E-state index >= 15 is 0 Å². The lowest BCUT2D eigenvalue weighted by atomic mass is 9.64. The van der Waals surface area contributed by atoms with Crippen LogP contribution in [0.2, 0.25) is 0 Å². The second-order valence-corrected chi connectivity index (χ2v) is 9.90. The zero-order valence-electron chi connectivity index (χ0n) is 18.7. The first-order valence-corrected chi connectivity index (χ1v) is 12.1. The van der Waals surface area contributed by atoms with E-state index < -0.39 is 0 Å². The van der Waals surface area contributed by atoms with Crippen molar-refractivity contribution in [3.63, 3.8) is 0 Å². The van der Waals surface area contributed by atoms with Crippen LogP contribution in [0, 0.1) is 0 Å². The predicted octanol–water partition coefficient (Wildman–Crippen LogP) is 7.69. The second kappa shape index (κ2) is 7.79. The fourth-order valence-electron chi connectivity index (χ4n) is 5.17. The second-order valence-electron chi connectivity index (χ2n) is 9.14. The van der Waals surface area contributed by atoms with E-state index in [1.54, 1.807) is 0 Å². The highest BCUT2D eigenvalue weighted by Crippen LogP contribution is 2.49. The lowest BCUT2D eigenvalue weighted by Gasteiger charge is -2.39. The van der Waals surface area contributed by atoms with Gasteiger partial charge in [-0.15, -0.1) is 0 Å². The molecule has 5 aromatic rings. The molecular formula is C30H24N2S. The van der Waals surface area contributed by atoms with Crippen molar-refractivity contribution in [2.75, 3.05) is 0 Å². The molecule has 1 heterocycles. The Morgan fingerprint density at radius 1 is 0.636 bits per heavy atom. The fourth-order valence-corrected chi connectivity index (χ4v) is 5.86. The van der Waals surface area contributed by atoms with Crippen molar-refractivity contribution in [1.29, 1.82) is 0 Å². The summed E-state index contributed by atoms with van der Waals surface area (Å²) in [6.45, 7) is 4.67. The van der Waals surface area contributed by atoms with Gasteiger partial charge >= 0.3 is 0 Å². The average Bonchev–Trinajstić information content (AvgIpc) is 3.36. The highest BCUT2D eigenvalue weighted by Gasteiger charge is 2.37. The molecule has 160 valence electrons. The fraction of sp³-hybridized carbons (Fsp3) is 0.133. The molecule has 0 aliphatic heterocycles. The van der Waals surface area contributed by atoms with Gasteiger partial charge in [-0.1, -0.05) is 117 Å². The van der Waals surface area contributed by atoms with Crippen LogP contribution in [0.15, 0.2) is 103 Å². The molecule has 0 radical (unpaired) electrons. The van der Waals surface area contributed by atoms with E-state index in [1.807, 2.05) is 18.2 Å². The summed E-state index contributed by atoms with van der Waals surface area (Å²) in [5.41, 5.74) is 9.05.